The van der Waals surface area contributed by atoms with Gasteiger partial charge in [0.05, 0.1) is 30.6 Å². The summed E-state index contributed by atoms with van der Waals surface area (Å²) in [6.07, 6.45) is 0.947. The van der Waals surface area contributed by atoms with Crippen LogP contribution in [0.3, 0.4) is 0 Å². The molecule has 1 aliphatic rings. The van der Waals surface area contributed by atoms with Gasteiger partial charge in [-0.2, -0.15) is 0 Å². The molecule has 0 spiro atoms. The van der Waals surface area contributed by atoms with Crippen LogP contribution in [0.25, 0.3) is 0 Å². The number of urea groups is 1. The number of amides is 2. The summed E-state index contributed by atoms with van der Waals surface area (Å²) in [5.74, 6) is 0.520. The van der Waals surface area contributed by atoms with Gasteiger partial charge in [0.25, 0.3) is 0 Å². The number of nitrogens with one attached hydrogen (secondary N) is 1. The Morgan fingerprint density at radius 3 is 2.64 bits per heavy atom. The summed E-state index contributed by atoms with van der Waals surface area (Å²) in [6, 6.07) is 18.4. The zero-order valence-corrected chi connectivity index (χ0v) is 17.1. The highest BCUT2D eigenvalue weighted by atomic mass is 16.5. The maximum atomic E-state index is 13.0. The van der Waals surface area contributed by atoms with Crippen LogP contribution in [0.4, 0.5) is 16.2 Å². The lowest BCUT2D eigenvalue weighted by molar-refractivity contribution is 0.00857. The quantitative estimate of drug-likeness (QED) is 0.795. The van der Waals surface area contributed by atoms with Gasteiger partial charge in [0, 0.05) is 20.1 Å². The lowest BCUT2D eigenvalue weighted by atomic mass is 10.0. The van der Waals surface area contributed by atoms with E-state index in [0.29, 0.717) is 25.7 Å². The Bertz CT molecular complexity index is 763. The minimum absolute atomic E-state index is 0.0467. The van der Waals surface area contributed by atoms with E-state index in [9.17, 15) is 4.79 Å². The first-order chi connectivity index (χ1) is 13.5. The second-order valence-corrected chi connectivity index (χ2v) is 7.84. The van der Waals surface area contributed by atoms with Crippen molar-refractivity contribution in [2.45, 2.75) is 32.9 Å². The molecule has 2 amide bonds. The number of rotatable bonds is 6. The van der Waals surface area contributed by atoms with Gasteiger partial charge in [-0.15, -0.1) is 0 Å². The van der Waals surface area contributed by atoms with E-state index >= 15 is 0 Å². The van der Waals surface area contributed by atoms with E-state index in [0.717, 1.165) is 24.3 Å². The summed E-state index contributed by atoms with van der Waals surface area (Å²) in [6.45, 7) is 6.97. The fraction of sp³-hybridized carbons (Fsp3) is 0.435. The van der Waals surface area contributed by atoms with E-state index in [1.165, 1.54) is 5.56 Å². The van der Waals surface area contributed by atoms with E-state index in [1.54, 1.807) is 0 Å². The zero-order valence-electron chi connectivity index (χ0n) is 17.1. The molecule has 5 nitrogen and oxygen atoms in total. The third-order valence-corrected chi connectivity index (χ3v) is 5.05. The maximum Gasteiger partial charge on any atom is 0.322 e. The number of ether oxygens (including phenoxy) is 1. The summed E-state index contributed by atoms with van der Waals surface area (Å²) in [4.78, 5) is 17.1. The summed E-state index contributed by atoms with van der Waals surface area (Å²) in [5.41, 5.74) is 3.07. The molecule has 1 unspecified atom stereocenters. The van der Waals surface area contributed by atoms with E-state index in [4.69, 9.17) is 4.74 Å². The second kappa shape index (κ2) is 9.60. The normalized spacial score (nSPS) is 16.9. The van der Waals surface area contributed by atoms with E-state index in [1.807, 2.05) is 54.4 Å². The Labute approximate surface area is 168 Å². The molecule has 28 heavy (non-hydrogen) atoms. The van der Waals surface area contributed by atoms with Crippen molar-refractivity contribution in [3.8, 4) is 0 Å². The molecule has 0 aromatic heterocycles. The highest BCUT2D eigenvalue weighted by Gasteiger charge is 2.28. The average Bonchev–Trinajstić information content (AvgIpc) is 2.69. The zero-order chi connectivity index (χ0) is 19.9. The molecule has 0 saturated carbocycles. The lowest BCUT2D eigenvalue weighted by Crippen LogP contribution is -2.50. The molecule has 1 aliphatic heterocycles. The first kappa shape index (κ1) is 20.2. The highest BCUT2D eigenvalue weighted by molar-refractivity contribution is 5.93. The van der Waals surface area contributed by atoms with Crippen molar-refractivity contribution in [2.24, 2.45) is 5.92 Å². The van der Waals surface area contributed by atoms with Crippen molar-refractivity contribution in [3.63, 3.8) is 0 Å². The monoisotopic (exact) mass is 381 g/mol. The molecule has 5 heteroatoms. The lowest BCUT2D eigenvalue weighted by Gasteiger charge is -2.36. The molecule has 1 atom stereocenters. The fourth-order valence-corrected chi connectivity index (χ4v) is 3.70. The van der Waals surface area contributed by atoms with Crippen LogP contribution < -0.4 is 10.2 Å². The topological polar surface area (TPSA) is 44.8 Å². The number of morpholine rings is 1. The Kier molecular flexibility index (Phi) is 6.93. The molecule has 3 rings (SSSR count). The van der Waals surface area contributed by atoms with Gasteiger partial charge in [0.1, 0.15) is 0 Å². The number of para-hydroxylation sites is 2. The number of nitrogens with zero attached hydrogens (tertiary/aromatic N) is 2. The smallest absolute Gasteiger partial charge is 0.322 e. The van der Waals surface area contributed by atoms with Gasteiger partial charge in [0.15, 0.2) is 0 Å². The molecule has 1 saturated heterocycles. The number of hydrogen-bond donors (Lipinski definition) is 1. The minimum Gasteiger partial charge on any atom is -0.377 e. The molecule has 2 aromatic carbocycles. The van der Waals surface area contributed by atoms with Crippen LogP contribution in [0.2, 0.25) is 0 Å². The Morgan fingerprint density at radius 1 is 1.18 bits per heavy atom. The Balaban J connectivity index is 1.72. The first-order valence-electron chi connectivity index (χ1n) is 10.0. The van der Waals surface area contributed by atoms with Crippen molar-refractivity contribution < 1.29 is 9.53 Å². The first-order valence-corrected chi connectivity index (χ1v) is 10.0. The molecule has 2 aromatic rings. The van der Waals surface area contributed by atoms with Gasteiger partial charge < -0.3 is 19.9 Å². The number of carbonyl (C=O) groups is 1. The Hall–Kier alpha value is -2.53. The van der Waals surface area contributed by atoms with Gasteiger partial charge in [-0.25, -0.2) is 4.79 Å². The minimum atomic E-state index is -0.0467. The van der Waals surface area contributed by atoms with Gasteiger partial charge >= 0.3 is 6.03 Å². The number of benzene rings is 2. The van der Waals surface area contributed by atoms with Crippen LogP contribution in [0.5, 0.6) is 0 Å². The van der Waals surface area contributed by atoms with Crippen LogP contribution >= 0.6 is 0 Å². The molecular weight excluding hydrogens is 350 g/mol. The molecular formula is C23H31N3O2. The van der Waals surface area contributed by atoms with E-state index in [2.05, 4.69) is 36.2 Å². The van der Waals surface area contributed by atoms with Crippen LogP contribution in [-0.4, -0.2) is 43.8 Å². The van der Waals surface area contributed by atoms with Gasteiger partial charge in [-0.3, -0.25) is 0 Å². The molecule has 1 N–H and O–H groups in total. The van der Waals surface area contributed by atoms with Crippen molar-refractivity contribution >= 4 is 17.4 Å². The third kappa shape index (κ3) is 5.26. The molecule has 150 valence electrons. The number of carbonyl (C=O) groups excluding carboxylic acids is 1. The van der Waals surface area contributed by atoms with Crippen molar-refractivity contribution in [2.75, 3.05) is 37.0 Å². The molecule has 1 heterocycles. The van der Waals surface area contributed by atoms with E-state index < -0.39 is 0 Å². The molecule has 0 bridgehead atoms. The fourth-order valence-electron chi connectivity index (χ4n) is 3.70. The summed E-state index contributed by atoms with van der Waals surface area (Å²) >= 11 is 0. The van der Waals surface area contributed by atoms with E-state index in [-0.39, 0.29) is 12.1 Å². The van der Waals surface area contributed by atoms with Crippen molar-refractivity contribution in [1.29, 1.82) is 0 Å². The average molecular weight is 382 g/mol. The third-order valence-electron chi connectivity index (χ3n) is 5.05. The largest absolute Gasteiger partial charge is 0.377 e. The van der Waals surface area contributed by atoms with Crippen LogP contribution in [0.15, 0.2) is 54.6 Å². The summed E-state index contributed by atoms with van der Waals surface area (Å²) < 4.78 is 5.61. The SMILES string of the molecule is CC(C)CC1COCCN1C(=O)Nc1ccccc1N(C)Cc1ccccc1. The van der Waals surface area contributed by atoms with Crippen LogP contribution in [-0.2, 0) is 11.3 Å². The highest BCUT2D eigenvalue weighted by Crippen LogP contribution is 2.27. The Morgan fingerprint density at radius 2 is 1.89 bits per heavy atom. The molecule has 0 radical (unpaired) electrons. The second-order valence-electron chi connectivity index (χ2n) is 7.84. The predicted molar refractivity (Wildman–Crippen MR) is 115 cm³/mol. The van der Waals surface area contributed by atoms with Gasteiger partial charge in [-0.1, -0.05) is 56.3 Å². The van der Waals surface area contributed by atoms with Crippen LogP contribution in [0, 0.1) is 5.92 Å². The number of hydrogen-bond acceptors (Lipinski definition) is 3. The van der Waals surface area contributed by atoms with Crippen molar-refractivity contribution in [1.82, 2.24) is 4.90 Å². The van der Waals surface area contributed by atoms with Gasteiger partial charge in [0.2, 0.25) is 0 Å². The maximum absolute atomic E-state index is 13.0. The number of anilines is 2. The standard InChI is InChI=1S/C23H31N3O2/c1-18(2)15-20-17-28-14-13-26(20)23(27)24-21-11-7-8-12-22(21)25(3)16-19-9-5-4-6-10-19/h4-12,18,20H,13-17H2,1-3H3,(H,24,27). The predicted octanol–water partition coefficient (Wildman–Crippen LogP) is 4.60. The molecule has 1 fully saturated rings. The summed E-state index contributed by atoms with van der Waals surface area (Å²) in [5, 5.41) is 3.14. The van der Waals surface area contributed by atoms with Crippen LogP contribution in [0.1, 0.15) is 25.8 Å². The van der Waals surface area contributed by atoms with Crippen molar-refractivity contribution in [3.05, 3.63) is 60.2 Å². The van der Waals surface area contributed by atoms with Gasteiger partial charge in [-0.05, 0) is 30.0 Å². The summed E-state index contributed by atoms with van der Waals surface area (Å²) in [7, 11) is 2.05. The molecule has 0 aliphatic carbocycles.